The highest BCUT2D eigenvalue weighted by molar-refractivity contribution is 5.99. The number of dihydropyridines is 1. The summed E-state index contributed by atoms with van der Waals surface area (Å²) in [5.41, 5.74) is 14.4. The van der Waals surface area contributed by atoms with Gasteiger partial charge in [-0.15, -0.1) is 0 Å². The van der Waals surface area contributed by atoms with Crippen LogP contribution in [0.15, 0.2) is 126 Å². The van der Waals surface area contributed by atoms with Gasteiger partial charge >= 0.3 is 0 Å². The van der Waals surface area contributed by atoms with Gasteiger partial charge in [-0.25, -0.2) is 9.97 Å². The van der Waals surface area contributed by atoms with Crippen molar-refractivity contribution in [1.82, 2.24) is 15.3 Å². The van der Waals surface area contributed by atoms with Crippen molar-refractivity contribution in [2.75, 3.05) is 18.5 Å². The van der Waals surface area contributed by atoms with Gasteiger partial charge in [0.15, 0.2) is 0 Å². The molecular formula is C50H45N5. The molecule has 5 aromatic carbocycles. The quantitative estimate of drug-likeness (QED) is 0.197. The van der Waals surface area contributed by atoms with Crippen LogP contribution in [0.2, 0.25) is 0 Å². The number of pyridine rings is 2. The number of rotatable bonds is 4. The zero-order chi connectivity index (χ0) is 37.9. The zero-order valence-electron chi connectivity index (χ0n) is 32.2. The number of likely N-dealkylation sites (N-methyl/N-ethyl adjacent to an activating group) is 1. The fourth-order valence-corrected chi connectivity index (χ4v) is 7.85. The molecule has 270 valence electrons. The van der Waals surface area contributed by atoms with E-state index in [1.165, 1.54) is 22.4 Å². The number of aliphatic imine (C=N–C) groups is 1. The van der Waals surface area contributed by atoms with E-state index >= 15 is 0 Å². The molecule has 0 amide bonds. The lowest BCUT2D eigenvalue weighted by Gasteiger charge is -2.35. The van der Waals surface area contributed by atoms with Crippen molar-refractivity contribution in [3.05, 3.63) is 156 Å². The maximum absolute atomic E-state index is 5.18. The molecule has 0 fully saturated rings. The van der Waals surface area contributed by atoms with Crippen molar-refractivity contribution in [1.29, 1.82) is 0 Å². The SMILES string of the molecule is CC.CC.CN1c2c(ccc3c2N=CCC3)C=CC1c1ccc(-c2ccc3cc(-c4ccc5nc(C6=CNCC=C6)ccc5c4)ccc3n2)c2ccc#cc12. The number of hydrogen-bond donors (Lipinski definition) is 1. The predicted molar refractivity (Wildman–Crippen MR) is 234 cm³/mol. The lowest BCUT2D eigenvalue weighted by atomic mass is 9.90. The maximum atomic E-state index is 5.18. The van der Waals surface area contributed by atoms with Crippen LogP contribution in [-0.2, 0) is 6.42 Å². The molecule has 1 N–H and O–H groups in total. The van der Waals surface area contributed by atoms with Gasteiger partial charge in [0.05, 0.1) is 39.8 Å². The summed E-state index contributed by atoms with van der Waals surface area (Å²) >= 11 is 0. The summed E-state index contributed by atoms with van der Waals surface area (Å²) in [6.07, 6.45) is 14.9. The van der Waals surface area contributed by atoms with E-state index in [-0.39, 0.29) is 6.04 Å². The molecule has 0 spiro atoms. The lowest BCUT2D eigenvalue weighted by molar-refractivity contribution is 0.809. The van der Waals surface area contributed by atoms with Crippen LogP contribution in [-0.4, -0.2) is 29.8 Å². The number of aromatic nitrogens is 2. The molecule has 0 saturated carbocycles. The van der Waals surface area contributed by atoms with Crippen molar-refractivity contribution in [3.63, 3.8) is 0 Å². The summed E-state index contributed by atoms with van der Waals surface area (Å²) in [7, 11) is 2.18. The molecule has 2 aromatic heterocycles. The molecule has 0 saturated heterocycles. The highest BCUT2D eigenvalue weighted by Gasteiger charge is 2.27. The first kappa shape index (κ1) is 35.5. The predicted octanol–water partition coefficient (Wildman–Crippen LogP) is 12.3. The minimum absolute atomic E-state index is 0.0457. The van der Waals surface area contributed by atoms with Gasteiger partial charge in [0, 0.05) is 58.7 Å². The minimum Gasteiger partial charge on any atom is -0.387 e. The van der Waals surface area contributed by atoms with E-state index in [2.05, 4.69) is 151 Å². The van der Waals surface area contributed by atoms with Crippen molar-refractivity contribution in [2.24, 2.45) is 4.99 Å². The molecule has 1 unspecified atom stereocenters. The Labute approximate surface area is 324 Å². The van der Waals surface area contributed by atoms with E-state index in [4.69, 9.17) is 15.0 Å². The molecule has 5 nitrogen and oxygen atoms in total. The molecule has 10 rings (SSSR count). The molecule has 55 heavy (non-hydrogen) atoms. The Morgan fingerprint density at radius 2 is 1.51 bits per heavy atom. The molecule has 3 aliphatic heterocycles. The lowest BCUT2D eigenvalue weighted by Crippen LogP contribution is -2.26. The Kier molecular flexibility index (Phi) is 9.98. The average Bonchev–Trinajstić information content (AvgIpc) is 3.27. The summed E-state index contributed by atoms with van der Waals surface area (Å²) in [4.78, 5) is 17.3. The summed E-state index contributed by atoms with van der Waals surface area (Å²) in [5, 5.41) is 7.68. The maximum Gasteiger partial charge on any atom is 0.0897 e. The van der Waals surface area contributed by atoms with Gasteiger partial charge in [0.2, 0.25) is 0 Å². The average molecular weight is 716 g/mol. The molecule has 0 bridgehead atoms. The molecule has 3 aliphatic rings. The third-order valence-corrected chi connectivity index (χ3v) is 10.5. The first-order chi connectivity index (χ1) is 27.2. The van der Waals surface area contributed by atoms with Crippen LogP contribution in [0, 0.1) is 12.1 Å². The van der Waals surface area contributed by atoms with Crippen LogP contribution in [0.5, 0.6) is 0 Å². The Morgan fingerprint density at radius 1 is 0.764 bits per heavy atom. The Bertz CT molecular complexity index is 2680. The van der Waals surface area contributed by atoms with Crippen LogP contribution in [0.4, 0.5) is 11.4 Å². The summed E-state index contributed by atoms with van der Waals surface area (Å²) < 4.78 is 0. The van der Waals surface area contributed by atoms with E-state index in [9.17, 15) is 0 Å². The summed E-state index contributed by atoms with van der Waals surface area (Å²) in [6.45, 7) is 8.86. The fraction of sp³-hybridized carbons (Fsp3) is 0.180. The van der Waals surface area contributed by atoms with E-state index in [0.717, 1.165) is 91.3 Å². The van der Waals surface area contributed by atoms with Crippen molar-refractivity contribution >= 4 is 61.8 Å². The van der Waals surface area contributed by atoms with Gasteiger partial charge in [0.25, 0.3) is 0 Å². The summed E-state index contributed by atoms with van der Waals surface area (Å²) in [6, 6.07) is 41.4. The number of nitrogens with one attached hydrogen (secondary N) is 1. The first-order valence-corrected chi connectivity index (χ1v) is 19.6. The van der Waals surface area contributed by atoms with Crippen molar-refractivity contribution in [3.8, 4) is 22.4 Å². The molecule has 7 aromatic rings. The minimum atomic E-state index is 0.0457. The number of benzene rings is 4. The van der Waals surface area contributed by atoms with E-state index < -0.39 is 0 Å². The molecule has 1 atom stereocenters. The van der Waals surface area contributed by atoms with E-state index in [1.807, 2.05) is 40.0 Å². The zero-order valence-corrected chi connectivity index (χ0v) is 32.2. The van der Waals surface area contributed by atoms with Gasteiger partial charge in [-0.2, -0.15) is 0 Å². The second-order valence-electron chi connectivity index (χ2n) is 13.5. The largest absolute Gasteiger partial charge is 0.387 e. The normalized spacial score (nSPS) is 15.2. The molecular weight excluding hydrogens is 671 g/mol. The van der Waals surface area contributed by atoms with Crippen LogP contribution < -0.4 is 10.2 Å². The monoisotopic (exact) mass is 715 g/mol. The Balaban J connectivity index is 0.00000104. The molecule has 0 aliphatic carbocycles. The van der Waals surface area contributed by atoms with Crippen molar-refractivity contribution in [2.45, 2.75) is 46.6 Å². The second kappa shape index (κ2) is 15.5. The van der Waals surface area contributed by atoms with Crippen molar-refractivity contribution < 1.29 is 0 Å². The molecule has 5 heteroatoms. The van der Waals surface area contributed by atoms with E-state index in [0.29, 0.717) is 0 Å². The number of hydrogen-bond acceptors (Lipinski definition) is 5. The number of allylic oxidation sites excluding steroid dienone is 2. The van der Waals surface area contributed by atoms with Crippen LogP contribution in [0.1, 0.15) is 62.5 Å². The van der Waals surface area contributed by atoms with Gasteiger partial charge in [0.1, 0.15) is 0 Å². The first-order valence-electron chi connectivity index (χ1n) is 19.6. The molecule has 0 radical (unpaired) electrons. The highest BCUT2D eigenvalue weighted by atomic mass is 15.2. The smallest absolute Gasteiger partial charge is 0.0897 e. The Morgan fingerprint density at radius 3 is 2.25 bits per heavy atom. The van der Waals surface area contributed by atoms with Gasteiger partial charge < -0.3 is 10.2 Å². The fourth-order valence-electron chi connectivity index (χ4n) is 7.85. The van der Waals surface area contributed by atoms with Crippen LogP contribution in [0.3, 0.4) is 0 Å². The van der Waals surface area contributed by atoms with Gasteiger partial charge in [-0.05, 0) is 89.2 Å². The van der Waals surface area contributed by atoms with Gasteiger partial charge in [-0.3, -0.25) is 4.99 Å². The standard InChI is InChI=1S/C46H33N5.2C2H6/c1-51-44(23-16-30-11-10-29-6-5-25-48-45(29)46(30)51)39-18-17-38(36-8-2-3-9-37(36)39)43-22-15-34-27-32(13-20-41(34)50-43)31-12-19-40-33(26-31)14-21-42(49-40)35-7-4-24-47-28-35;2*1-2/h2,4,7-8,10-23,25-28,44,47H,5-6,24H2,1H3;2*1-2H3. The number of aryl methyl sites for hydroxylation is 1. The highest BCUT2D eigenvalue weighted by Crippen LogP contribution is 2.46. The second-order valence-corrected chi connectivity index (χ2v) is 13.5. The molecule has 5 heterocycles. The van der Waals surface area contributed by atoms with Crippen LogP contribution >= 0.6 is 0 Å². The van der Waals surface area contributed by atoms with Crippen LogP contribution in [0.25, 0.3) is 66.6 Å². The number of fused-ring (bicyclic) bond motifs is 6. The van der Waals surface area contributed by atoms with E-state index in [1.54, 1.807) is 0 Å². The number of nitrogens with zero attached hydrogens (tertiary/aromatic N) is 4. The number of anilines is 1. The van der Waals surface area contributed by atoms with Gasteiger partial charge in [-0.1, -0.05) is 113 Å². The summed E-state index contributed by atoms with van der Waals surface area (Å²) in [5.74, 6) is 0. The topological polar surface area (TPSA) is 53.4 Å². The third-order valence-electron chi connectivity index (χ3n) is 10.5. The third kappa shape index (κ3) is 6.55. The Hall–Kier alpha value is -6.51.